The lowest BCUT2D eigenvalue weighted by Crippen LogP contribution is -2.52. The Morgan fingerprint density at radius 1 is 1.32 bits per heavy atom. The summed E-state index contributed by atoms with van der Waals surface area (Å²) in [5.74, 6) is 0.763. The number of piperazine rings is 1. The second-order valence-corrected chi connectivity index (χ2v) is 6.78. The Morgan fingerprint density at radius 3 is 3.00 bits per heavy atom. The minimum atomic E-state index is 0.0729. The Balaban J connectivity index is 1.33. The molecule has 6 nitrogen and oxygen atoms in total. The minimum Gasteiger partial charge on any atom is -0.469 e. The number of nitrogens with zero attached hydrogens (tertiary/aromatic N) is 3. The van der Waals surface area contributed by atoms with Crippen LogP contribution in [0.25, 0.3) is 0 Å². The van der Waals surface area contributed by atoms with Crippen LogP contribution in [0.15, 0.2) is 41.1 Å². The number of rotatable bonds is 4. The minimum absolute atomic E-state index is 0.0729. The highest BCUT2D eigenvalue weighted by atomic mass is 16.5. The van der Waals surface area contributed by atoms with Crippen molar-refractivity contribution in [3.63, 3.8) is 0 Å². The molecule has 0 N–H and O–H groups in total. The first-order valence-electron chi connectivity index (χ1n) is 8.79. The summed E-state index contributed by atoms with van der Waals surface area (Å²) in [4.78, 5) is 21.4. The Morgan fingerprint density at radius 2 is 2.24 bits per heavy atom. The third-order valence-corrected chi connectivity index (χ3v) is 5.15. The van der Waals surface area contributed by atoms with Crippen LogP contribution < -0.4 is 0 Å². The van der Waals surface area contributed by atoms with E-state index in [2.05, 4.69) is 9.88 Å². The fourth-order valence-electron chi connectivity index (χ4n) is 3.77. The summed E-state index contributed by atoms with van der Waals surface area (Å²) < 4.78 is 11.3. The second kappa shape index (κ2) is 6.98. The Bertz CT molecular complexity index is 731. The largest absolute Gasteiger partial charge is 0.469 e. The van der Waals surface area contributed by atoms with E-state index in [4.69, 9.17) is 9.15 Å². The number of amides is 1. The molecule has 132 valence electrons. The standard InChI is InChI=1S/C19H23N3O3/c1-14-18(5-9-24-14)19(23)22-8-7-21-12-17(10-16(21)11-22)25-13-15-4-2-3-6-20-15/h2-6,9,16-17H,7-8,10-13H2,1H3/t16-,17+/m0/s1. The first-order chi connectivity index (χ1) is 12.2. The number of hydrogen-bond acceptors (Lipinski definition) is 5. The molecule has 2 fully saturated rings. The summed E-state index contributed by atoms with van der Waals surface area (Å²) in [6.45, 7) is 5.73. The predicted molar refractivity (Wildman–Crippen MR) is 92.1 cm³/mol. The van der Waals surface area contributed by atoms with E-state index in [0.29, 0.717) is 24.0 Å². The van der Waals surface area contributed by atoms with Gasteiger partial charge in [0.2, 0.25) is 0 Å². The maximum Gasteiger partial charge on any atom is 0.257 e. The van der Waals surface area contributed by atoms with Gasteiger partial charge in [0.15, 0.2) is 0 Å². The predicted octanol–water partition coefficient (Wildman–Crippen LogP) is 2.10. The SMILES string of the molecule is Cc1occc1C(=O)N1CCN2C[C@H](OCc3ccccn3)C[C@H]2C1. The van der Waals surface area contributed by atoms with Crippen LogP contribution in [-0.2, 0) is 11.3 Å². The van der Waals surface area contributed by atoms with Crippen molar-refractivity contribution < 1.29 is 13.9 Å². The van der Waals surface area contributed by atoms with Crippen molar-refractivity contribution >= 4 is 5.91 Å². The van der Waals surface area contributed by atoms with Crippen molar-refractivity contribution in [2.24, 2.45) is 0 Å². The van der Waals surface area contributed by atoms with Gasteiger partial charge < -0.3 is 14.1 Å². The normalized spacial score (nSPS) is 23.6. The quantitative estimate of drug-likeness (QED) is 0.852. The molecule has 4 rings (SSSR count). The zero-order chi connectivity index (χ0) is 17.2. The summed E-state index contributed by atoms with van der Waals surface area (Å²) in [6, 6.07) is 8.00. The van der Waals surface area contributed by atoms with E-state index in [1.165, 1.54) is 0 Å². The van der Waals surface area contributed by atoms with Gasteiger partial charge in [-0.1, -0.05) is 6.07 Å². The Labute approximate surface area is 147 Å². The molecule has 0 unspecified atom stereocenters. The van der Waals surface area contributed by atoms with Crippen LogP contribution >= 0.6 is 0 Å². The average molecular weight is 341 g/mol. The molecule has 25 heavy (non-hydrogen) atoms. The lowest BCUT2D eigenvalue weighted by atomic mass is 10.1. The van der Waals surface area contributed by atoms with Crippen LogP contribution in [0.5, 0.6) is 0 Å². The number of hydrogen-bond donors (Lipinski definition) is 0. The van der Waals surface area contributed by atoms with Crippen molar-refractivity contribution in [2.45, 2.75) is 32.1 Å². The second-order valence-electron chi connectivity index (χ2n) is 6.78. The van der Waals surface area contributed by atoms with Gasteiger partial charge in [0, 0.05) is 38.4 Å². The smallest absolute Gasteiger partial charge is 0.257 e. The molecule has 0 saturated carbocycles. The first kappa shape index (κ1) is 16.3. The highest BCUT2D eigenvalue weighted by molar-refractivity contribution is 5.95. The summed E-state index contributed by atoms with van der Waals surface area (Å²) in [7, 11) is 0. The van der Waals surface area contributed by atoms with E-state index in [1.807, 2.05) is 30.0 Å². The van der Waals surface area contributed by atoms with E-state index in [1.54, 1.807) is 18.5 Å². The lowest BCUT2D eigenvalue weighted by Gasteiger charge is -2.37. The van der Waals surface area contributed by atoms with E-state index < -0.39 is 0 Å². The van der Waals surface area contributed by atoms with Crippen LogP contribution in [0, 0.1) is 6.92 Å². The number of aryl methyl sites for hydroxylation is 1. The molecule has 2 atom stereocenters. The monoisotopic (exact) mass is 341 g/mol. The third kappa shape index (κ3) is 3.45. The van der Waals surface area contributed by atoms with Gasteiger partial charge in [0.1, 0.15) is 5.76 Å². The van der Waals surface area contributed by atoms with E-state index >= 15 is 0 Å². The number of carbonyl (C=O) groups is 1. The number of ether oxygens (including phenoxy) is 1. The molecule has 0 bridgehead atoms. The molecule has 0 radical (unpaired) electrons. The third-order valence-electron chi connectivity index (χ3n) is 5.15. The zero-order valence-electron chi connectivity index (χ0n) is 14.4. The molecule has 2 saturated heterocycles. The highest BCUT2D eigenvalue weighted by Crippen LogP contribution is 2.26. The van der Waals surface area contributed by atoms with Gasteiger partial charge in [0.05, 0.1) is 30.2 Å². The Hall–Kier alpha value is -2.18. The van der Waals surface area contributed by atoms with Gasteiger partial charge in [-0.3, -0.25) is 14.7 Å². The molecule has 2 aliphatic heterocycles. The number of carbonyl (C=O) groups excluding carboxylic acids is 1. The highest BCUT2D eigenvalue weighted by Gasteiger charge is 2.38. The van der Waals surface area contributed by atoms with Gasteiger partial charge in [-0.15, -0.1) is 0 Å². The zero-order valence-corrected chi connectivity index (χ0v) is 14.4. The fourth-order valence-corrected chi connectivity index (χ4v) is 3.77. The molecule has 2 aliphatic rings. The molecule has 0 aliphatic carbocycles. The van der Waals surface area contributed by atoms with Crippen molar-refractivity contribution in [2.75, 3.05) is 26.2 Å². The summed E-state index contributed by atoms with van der Waals surface area (Å²) in [5.41, 5.74) is 1.63. The average Bonchev–Trinajstić information content (AvgIpc) is 3.25. The van der Waals surface area contributed by atoms with Crippen molar-refractivity contribution in [1.82, 2.24) is 14.8 Å². The molecular weight excluding hydrogens is 318 g/mol. The van der Waals surface area contributed by atoms with Crippen LogP contribution in [0.2, 0.25) is 0 Å². The van der Waals surface area contributed by atoms with Gasteiger partial charge >= 0.3 is 0 Å². The molecular formula is C19H23N3O3. The molecule has 1 amide bonds. The molecule has 6 heteroatoms. The van der Waals surface area contributed by atoms with E-state index in [0.717, 1.165) is 38.3 Å². The molecule has 2 aromatic rings. The van der Waals surface area contributed by atoms with Crippen molar-refractivity contribution in [1.29, 1.82) is 0 Å². The molecule has 2 aromatic heterocycles. The van der Waals surface area contributed by atoms with Gasteiger partial charge in [-0.25, -0.2) is 0 Å². The lowest BCUT2D eigenvalue weighted by molar-refractivity contribution is 0.0435. The van der Waals surface area contributed by atoms with Gasteiger partial charge in [-0.2, -0.15) is 0 Å². The summed E-state index contributed by atoms with van der Waals surface area (Å²) >= 11 is 0. The van der Waals surface area contributed by atoms with Crippen molar-refractivity contribution in [3.05, 3.63) is 53.7 Å². The summed E-state index contributed by atoms with van der Waals surface area (Å²) in [6.07, 6.45) is 4.53. The van der Waals surface area contributed by atoms with E-state index in [9.17, 15) is 4.79 Å². The van der Waals surface area contributed by atoms with Gasteiger partial charge in [-0.05, 0) is 31.5 Å². The molecule has 4 heterocycles. The fraction of sp³-hybridized carbons (Fsp3) is 0.474. The number of fused-ring (bicyclic) bond motifs is 1. The van der Waals surface area contributed by atoms with Crippen molar-refractivity contribution in [3.8, 4) is 0 Å². The molecule has 0 aromatic carbocycles. The van der Waals surface area contributed by atoms with Crippen LogP contribution in [-0.4, -0.2) is 59.0 Å². The van der Waals surface area contributed by atoms with Gasteiger partial charge in [0.25, 0.3) is 5.91 Å². The van der Waals surface area contributed by atoms with Crippen LogP contribution in [0.4, 0.5) is 0 Å². The Kier molecular flexibility index (Phi) is 4.55. The number of furan rings is 1. The number of aromatic nitrogens is 1. The van der Waals surface area contributed by atoms with Crippen LogP contribution in [0.3, 0.4) is 0 Å². The number of pyridine rings is 1. The van der Waals surface area contributed by atoms with E-state index in [-0.39, 0.29) is 12.0 Å². The van der Waals surface area contributed by atoms with Crippen LogP contribution in [0.1, 0.15) is 28.2 Å². The summed E-state index contributed by atoms with van der Waals surface area (Å²) in [5, 5.41) is 0. The molecule has 0 spiro atoms. The maximum atomic E-state index is 12.7. The first-order valence-corrected chi connectivity index (χ1v) is 8.79. The topological polar surface area (TPSA) is 58.8 Å². The maximum absolute atomic E-state index is 12.7.